The van der Waals surface area contributed by atoms with Gasteiger partial charge in [-0.3, -0.25) is 4.79 Å². The molecule has 0 aromatic heterocycles. The van der Waals surface area contributed by atoms with Crippen molar-refractivity contribution in [3.05, 3.63) is 47.0 Å². The van der Waals surface area contributed by atoms with E-state index in [-0.39, 0.29) is 6.42 Å². The van der Waals surface area contributed by atoms with E-state index >= 15 is 0 Å². The van der Waals surface area contributed by atoms with E-state index in [1.807, 2.05) is 18.2 Å². The molecule has 110 valence electrons. The van der Waals surface area contributed by atoms with E-state index in [4.69, 9.17) is 0 Å². The molecule has 3 nitrogen and oxygen atoms in total. The fourth-order valence-corrected chi connectivity index (χ4v) is 3.24. The topological polar surface area (TPSA) is 57.5 Å². The van der Waals surface area contributed by atoms with Crippen molar-refractivity contribution in [1.82, 2.24) is 0 Å². The Labute approximate surface area is 124 Å². The van der Waals surface area contributed by atoms with Crippen LogP contribution in [0.3, 0.4) is 0 Å². The Balaban J connectivity index is 2.04. The second-order valence-corrected chi connectivity index (χ2v) is 6.56. The first-order chi connectivity index (χ1) is 9.90. The highest BCUT2D eigenvalue weighted by molar-refractivity contribution is 5.93. The van der Waals surface area contributed by atoms with Crippen LogP contribution < -0.4 is 0 Å². The Kier molecular flexibility index (Phi) is 3.25. The number of aliphatic carboxylic acids is 1. The van der Waals surface area contributed by atoms with Crippen molar-refractivity contribution in [2.75, 3.05) is 0 Å². The molecule has 0 bridgehead atoms. The van der Waals surface area contributed by atoms with Crippen LogP contribution in [0, 0.1) is 5.41 Å². The summed E-state index contributed by atoms with van der Waals surface area (Å²) >= 11 is 0. The summed E-state index contributed by atoms with van der Waals surface area (Å²) in [5.41, 5.74) is 2.55. The van der Waals surface area contributed by atoms with Gasteiger partial charge in [0, 0.05) is 0 Å². The second kappa shape index (κ2) is 4.85. The summed E-state index contributed by atoms with van der Waals surface area (Å²) in [4.78, 5) is 11.3. The van der Waals surface area contributed by atoms with Crippen molar-refractivity contribution < 1.29 is 15.0 Å². The molecule has 0 amide bonds. The predicted octanol–water partition coefficient (Wildman–Crippen LogP) is 3.47. The largest absolute Gasteiger partial charge is 0.481 e. The molecule has 21 heavy (non-hydrogen) atoms. The first-order valence-electron chi connectivity index (χ1n) is 7.35. The first-order valence-corrected chi connectivity index (χ1v) is 7.35. The molecule has 1 aliphatic rings. The molecular weight excluding hydrogens is 264 g/mol. The molecule has 1 unspecified atom stereocenters. The third-order valence-electron chi connectivity index (χ3n) is 4.55. The molecule has 0 heterocycles. The van der Waals surface area contributed by atoms with E-state index in [0.717, 1.165) is 23.8 Å². The summed E-state index contributed by atoms with van der Waals surface area (Å²) in [5.74, 6) is -0.882. The van der Waals surface area contributed by atoms with E-state index in [0.29, 0.717) is 0 Å². The maximum atomic E-state index is 11.3. The summed E-state index contributed by atoms with van der Waals surface area (Å²) in [6.45, 7) is 3.30. The van der Waals surface area contributed by atoms with Gasteiger partial charge in [-0.15, -0.1) is 0 Å². The maximum absolute atomic E-state index is 11.3. The number of rotatable bonds is 4. The first kappa shape index (κ1) is 14.1. The van der Waals surface area contributed by atoms with Crippen LogP contribution in [0.1, 0.15) is 43.1 Å². The summed E-state index contributed by atoms with van der Waals surface area (Å²) in [6.07, 6.45) is 1.54. The SMILES string of the molecule is CC(C)(CC(O)c1ccc2c3c(cccc13)CC2)C(=O)O. The number of aliphatic hydroxyl groups excluding tert-OH is 1. The van der Waals surface area contributed by atoms with Crippen molar-refractivity contribution in [3.63, 3.8) is 0 Å². The highest BCUT2D eigenvalue weighted by Crippen LogP contribution is 2.38. The van der Waals surface area contributed by atoms with Crippen molar-refractivity contribution >= 4 is 16.7 Å². The minimum atomic E-state index is -0.942. The zero-order chi connectivity index (χ0) is 15.2. The number of benzene rings is 2. The second-order valence-electron chi connectivity index (χ2n) is 6.56. The molecule has 2 N–H and O–H groups in total. The Bertz CT molecular complexity index is 705. The Morgan fingerprint density at radius 1 is 1.19 bits per heavy atom. The highest BCUT2D eigenvalue weighted by atomic mass is 16.4. The molecule has 3 rings (SSSR count). The minimum Gasteiger partial charge on any atom is -0.481 e. The zero-order valence-corrected chi connectivity index (χ0v) is 12.4. The lowest BCUT2D eigenvalue weighted by molar-refractivity contribution is -0.148. The minimum absolute atomic E-state index is 0.209. The van der Waals surface area contributed by atoms with Gasteiger partial charge in [-0.05, 0) is 60.6 Å². The number of hydrogen-bond acceptors (Lipinski definition) is 2. The van der Waals surface area contributed by atoms with E-state index in [1.165, 1.54) is 16.5 Å². The fraction of sp³-hybridized carbons (Fsp3) is 0.389. The van der Waals surface area contributed by atoms with Gasteiger partial charge in [0.2, 0.25) is 0 Å². The van der Waals surface area contributed by atoms with Crippen molar-refractivity contribution in [1.29, 1.82) is 0 Å². The van der Waals surface area contributed by atoms with Gasteiger partial charge in [0.25, 0.3) is 0 Å². The maximum Gasteiger partial charge on any atom is 0.309 e. The Morgan fingerprint density at radius 3 is 2.52 bits per heavy atom. The average Bonchev–Trinajstić information content (AvgIpc) is 2.84. The third kappa shape index (κ3) is 2.32. The number of carbonyl (C=O) groups is 1. The monoisotopic (exact) mass is 284 g/mol. The molecule has 3 heteroatoms. The molecule has 1 aliphatic carbocycles. The van der Waals surface area contributed by atoms with E-state index in [2.05, 4.69) is 12.1 Å². The smallest absolute Gasteiger partial charge is 0.309 e. The lowest BCUT2D eigenvalue weighted by atomic mass is 9.83. The van der Waals surface area contributed by atoms with Crippen molar-refractivity contribution in [2.45, 2.75) is 39.2 Å². The molecule has 0 radical (unpaired) electrons. The third-order valence-corrected chi connectivity index (χ3v) is 4.55. The number of hydrogen-bond donors (Lipinski definition) is 2. The van der Waals surface area contributed by atoms with Crippen LogP contribution in [-0.4, -0.2) is 16.2 Å². The van der Waals surface area contributed by atoms with Gasteiger partial charge >= 0.3 is 5.97 Å². The van der Waals surface area contributed by atoms with Gasteiger partial charge in [0.15, 0.2) is 0 Å². The zero-order valence-electron chi connectivity index (χ0n) is 12.4. The molecule has 0 spiro atoms. The molecule has 0 saturated heterocycles. The molecular formula is C18H20O3. The van der Waals surface area contributed by atoms with E-state index in [9.17, 15) is 15.0 Å². The van der Waals surface area contributed by atoms with Crippen molar-refractivity contribution in [3.8, 4) is 0 Å². The van der Waals surface area contributed by atoms with Crippen molar-refractivity contribution in [2.24, 2.45) is 5.41 Å². The number of carboxylic acids is 1. The summed E-state index contributed by atoms with van der Waals surface area (Å²) in [6, 6.07) is 10.2. The number of carboxylic acid groups (broad SMARTS) is 1. The fourth-order valence-electron chi connectivity index (χ4n) is 3.24. The molecule has 2 aromatic rings. The van der Waals surface area contributed by atoms with Crippen LogP contribution in [0.15, 0.2) is 30.3 Å². The quantitative estimate of drug-likeness (QED) is 0.903. The number of aryl methyl sites for hydroxylation is 2. The van der Waals surface area contributed by atoms with Gasteiger partial charge in [-0.2, -0.15) is 0 Å². The van der Waals surface area contributed by atoms with Gasteiger partial charge in [0.05, 0.1) is 11.5 Å². The van der Waals surface area contributed by atoms with Crippen LogP contribution in [0.2, 0.25) is 0 Å². The molecule has 1 atom stereocenters. The molecule has 0 aliphatic heterocycles. The normalized spacial score (nSPS) is 15.4. The van der Waals surface area contributed by atoms with Crippen LogP contribution in [0.4, 0.5) is 0 Å². The lowest BCUT2D eigenvalue weighted by Crippen LogP contribution is -2.26. The van der Waals surface area contributed by atoms with Crippen LogP contribution in [0.25, 0.3) is 10.8 Å². The standard InChI is InChI=1S/C18H20O3/c1-18(2,17(20)21)10-15(19)13-9-8-12-7-6-11-4-3-5-14(13)16(11)12/h3-5,8-9,15,19H,6-7,10H2,1-2H3,(H,20,21). The van der Waals surface area contributed by atoms with Gasteiger partial charge in [0.1, 0.15) is 0 Å². The predicted molar refractivity (Wildman–Crippen MR) is 82.3 cm³/mol. The molecule has 0 saturated carbocycles. The average molecular weight is 284 g/mol. The van der Waals surface area contributed by atoms with Crippen LogP contribution in [0.5, 0.6) is 0 Å². The summed E-state index contributed by atoms with van der Waals surface area (Å²) < 4.78 is 0. The highest BCUT2D eigenvalue weighted by Gasteiger charge is 2.31. The molecule has 0 fully saturated rings. The lowest BCUT2D eigenvalue weighted by Gasteiger charge is -2.24. The van der Waals surface area contributed by atoms with Gasteiger partial charge in [-0.1, -0.05) is 30.3 Å². The number of aliphatic hydroxyl groups is 1. The summed E-state index contributed by atoms with van der Waals surface area (Å²) in [7, 11) is 0. The van der Waals surface area contributed by atoms with E-state index < -0.39 is 17.5 Å². The molecule has 2 aromatic carbocycles. The van der Waals surface area contributed by atoms with Gasteiger partial charge < -0.3 is 10.2 Å². The van der Waals surface area contributed by atoms with Crippen LogP contribution >= 0.6 is 0 Å². The summed E-state index contributed by atoms with van der Waals surface area (Å²) in [5, 5.41) is 22.1. The van der Waals surface area contributed by atoms with E-state index in [1.54, 1.807) is 13.8 Å². The van der Waals surface area contributed by atoms with Gasteiger partial charge in [-0.25, -0.2) is 0 Å². The van der Waals surface area contributed by atoms with Crippen LogP contribution in [-0.2, 0) is 17.6 Å². The Hall–Kier alpha value is -1.87. The Morgan fingerprint density at radius 2 is 1.86 bits per heavy atom.